The van der Waals surface area contributed by atoms with Gasteiger partial charge in [0.2, 0.25) is 0 Å². The molecule has 0 aliphatic heterocycles. The SMILES string of the molecule is [B][B]N(C)CCC(CC)C(=O)O. The molecule has 0 fully saturated rings. The lowest BCUT2D eigenvalue weighted by Crippen LogP contribution is -2.27. The summed E-state index contributed by atoms with van der Waals surface area (Å²) in [6, 6.07) is 0. The van der Waals surface area contributed by atoms with E-state index in [2.05, 4.69) is 0 Å². The lowest BCUT2D eigenvalue weighted by Gasteiger charge is -2.16. The molecule has 3 nitrogen and oxygen atoms in total. The summed E-state index contributed by atoms with van der Waals surface area (Å²) in [6.07, 6.45) is 1.32. The fourth-order valence-corrected chi connectivity index (χ4v) is 0.936. The van der Waals surface area contributed by atoms with Crippen LogP contribution in [0.2, 0.25) is 0 Å². The summed E-state index contributed by atoms with van der Waals surface area (Å²) in [6.45, 7) is 2.58. The monoisotopic (exact) mass is 166 g/mol. The number of carboxylic acid groups (broad SMARTS) is 1. The Morgan fingerprint density at radius 3 is 2.67 bits per heavy atom. The average molecular weight is 166 g/mol. The molecule has 0 aromatic rings. The van der Waals surface area contributed by atoms with Crippen molar-refractivity contribution in [2.75, 3.05) is 13.6 Å². The Morgan fingerprint density at radius 2 is 2.33 bits per heavy atom. The zero-order valence-corrected chi connectivity index (χ0v) is 7.66. The first-order valence-corrected chi connectivity index (χ1v) is 4.09. The molecule has 0 aromatic carbocycles. The van der Waals surface area contributed by atoms with Gasteiger partial charge in [-0.25, -0.2) is 0 Å². The van der Waals surface area contributed by atoms with E-state index in [1.165, 1.54) is 7.31 Å². The Balaban J connectivity index is 3.65. The fourth-order valence-electron chi connectivity index (χ4n) is 0.936. The van der Waals surface area contributed by atoms with Crippen molar-refractivity contribution in [3.8, 4) is 0 Å². The summed E-state index contributed by atoms with van der Waals surface area (Å²) in [5, 5.41) is 8.70. The highest BCUT2D eigenvalue weighted by Gasteiger charge is 2.14. The second-order valence-electron chi connectivity index (χ2n) is 2.86. The van der Waals surface area contributed by atoms with Crippen molar-refractivity contribution in [3.05, 3.63) is 0 Å². The van der Waals surface area contributed by atoms with Gasteiger partial charge in [-0.1, -0.05) is 6.92 Å². The van der Waals surface area contributed by atoms with Crippen LogP contribution in [0.1, 0.15) is 19.8 Å². The van der Waals surface area contributed by atoms with Gasteiger partial charge in [-0.15, -0.1) is 0 Å². The molecule has 65 valence electrons. The second-order valence-corrected chi connectivity index (χ2v) is 2.86. The molecular formula is C7H14B2NO2. The topological polar surface area (TPSA) is 40.5 Å². The molecule has 0 aromatic heterocycles. The van der Waals surface area contributed by atoms with E-state index in [9.17, 15) is 4.79 Å². The number of nitrogens with zero attached hydrogens (tertiary/aromatic N) is 1. The van der Waals surface area contributed by atoms with Crippen LogP contribution in [0.25, 0.3) is 0 Å². The van der Waals surface area contributed by atoms with Gasteiger partial charge in [-0.3, -0.25) is 4.79 Å². The lowest BCUT2D eigenvalue weighted by atomic mass is 9.65. The van der Waals surface area contributed by atoms with E-state index < -0.39 is 5.97 Å². The van der Waals surface area contributed by atoms with Crippen LogP contribution >= 0.6 is 0 Å². The van der Waals surface area contributed by atoms with Crippen LogP contribution in [0.4, 0.5) is 0 Å². The van der Waals surface area contributed by atoms with Crippen molar-refractivity contribution in [3.63, 3.8) is 0 Å². The Hall–Kier alpha value is -0.440. The number of aliphatic carboxylic acids is 1. The molecule has 0 bridgehead atoms. The van der Waals surface area contributed by atoms with E-state index in [0.29, 0.717) is 19.4 Å². The summed E-state index contributed by atoms with van der Waals surface area (Å²) < 4.78 is 0. The summed E-state index contributed by atoms with van der Waals surface area (Å²) >= 11 is 0. The predicted octanol–water partition coefficient (Wildman–Crippen LogP) is 0.122. The van der Waals surface area contributed by atoms with Gasteiger partial charge in [-0.05, 0) is 26.4 Å². The largest absolute Gasteiger partial charge is 0.481 e. The first-order valence-electron chi connectivity index (χ1n) is 4.09. The van der Waals surface area contributed by atoms with Gasteiger partial charge in [0.1, 0.15) is 7.31 Å². The number of hydrogen-bond acceptors (Lipinski definition) is 2. The van der Waals surface area contributed by atoms with E-state index in [1.807, 2.05) is 14.0 Å². The minimum absolute atomic E-state index is 0.243. The summed E-state index contributed by atoms with van der Waals surface area (Å²) in [5.74, 6) is -0.963. The first-order chi connectivity index (χ1) is 5.61. The van der Waals surface area contributed by atoms with Crippen molar-refractivity contribution in [2.45, 2.75) is 19.8 Å². The molecule has 0 rings (SSSR count). The van der Waals surface area contributed by atoms with Gasteiger partial charge in [0.05, 0.1) is 5.92 Å². The number of hydrogen-bond donors (Lipinski definition) is 1. The third-order valence-electron chi connectivity index (χ3n) is 1.93. The van der Waals surface area contributed by atoms with E-state index in [1.54, 1.807) is 4.81 Å². The zero-order chi connectivity index (χ0) is 9.56. The molecule has 1 unspecified atom stereocenters. The minimum Gasteiger partial charge on any atom is -0.481 e. The van der Waals surface area contributed by atoms with Crippen LogP contribution in [0, 0.1) is 5.92 Å². The number of rotatable bonds is 6. The first kappa shape index (κ1) is 11.6. The molecule has 5 heteroatoms. The molecule has 0 aliphatic rings. The quantitative estimate of drug-likeness (QED) is 0.569. The van der Waals surface area contributed by atoms with Gasteiger partial charge in [0.15, 0.2) is 0 Å². The highest BCUT2D eigenvalue weighted by Crippen LogP contribution is 2.08. The van der Waals surface area contributed by atoms with Crippen LogP contribution in [0.5, 0.6) is 0 Å². The average Bonchev–Trinajstić information content (AvgIpc) is 2.04. The van der Waals surface area contributed by atoms with Crippen molar-refractivity contribution in [1.29, 1.82) is 0 Å². The van der Waals surface area contributed by atoms with Gasteiger partial charge < -0.3 is 9.92 Å². The maximum atomic E-state index is 10.6. The van der Waals surface area contributed by atoms with Crippen LogP contribution in [-0.4, -0.2) is 44.5 Å². The van der Waals surface area contributed by atoms with E-state index in [0.717, 1.165) is 0 Å². The molecule has 12 heavy (non-hydrogen) atoms. The maximum absolute atomic E-state index is 10.6. The zero-order valence-electron chi connectivity index (χ0n) is 7.66. The van der Waals surface area contributed by atoms with Crippen LogP contribution < -0.4 is 0 Å². The van der Waals surface area contributed by atoms with Crippen molar-refractivity contribution in [2.24, 2.45) is 5.92 Å². The van der Waals surface area contributed by atoms with Crippen LogP contribution in [0.3, 0.4) is 0 Å². The molecule has 0 amide bonds. The fraction of sp³-hybridized carbons (Fsp3) is 0.857. The van der Waals surface area contributed by atoms with E-state index >= 15 is 0 Å². The number of carbonyl (C=O) groups is 1. The van der Waals surface area contributed by atoms with Gasteiger partial charge in [0.25, 0.3) is 0 Å². The van der Waals surface area contributed by atoms with Gasteiger partial charge >= 0.3 is 5.97 Å². The maximum Gasteiger partial charge on any atom is 0.306 e. The standard InChI is InChI=1S/C7H14B2NO2/c1-3-6(7(11)12)4-5-10(2)9-8/h6H,3-5H2,1-2H3,(H,11,12). The van der Waals surface area contributed by atoms with Crippen molar-refractivity contribution in [1.82, 2.24) is 4.81 Å². The summed E-state index contributed by atoms with van der Waals surface area (Å²) in [7, 11) is 8.51. The molecule has 0 heterocycles. The Bertz CT molecular complexity index is 143. The van der Waals surface area contributed by atoms with Crippen LogP contribution in [-0.2, 0) is 4.79 Å². The molecule has 3 radical (unpaired) electrons. The van der Waals surface area contributed by atoms with Crippen molar-refractivity contribution >= 4 is 21.0 Å². The predicted molar refractivity (Wildman–Crippen MR) is 50.2 cm³/mol. The summed E-state index contributed by atoms with van der Waals surface area (Å²) in [4.78, 5) is 12.4. The Morgan fingerprint density at radius 1 is 1.75 bits per heavy atom. The molecule has 1 N–H and O–H groups in total. The minimum atomic E-state index is -0.720. The molecular weight excluding hydrogens is 152 g/mol. The molecule has 1 atom stereocenters. The van der Waals surface area contributed by atoms with Gasteiger partial charge in [0, 0.05) is 7.74 Å². The highest BCUT2D eigenvalue weighted by molar-refractivity contribution is 6.87. The smallest absolute Gasteiger partial charge is 0.306 e. The van der Waals surface area contributed by atoms with E-state index in [-0.39, 0.29) is 5.92 Å². The molecule has 0 spiro atoms. The Kier molecular flexibility index (Phi) is 5.89. The highest BCUT2D eigenvalue weighted by atomic mass is 16.4. The third-order valence-corrected chi connectivity index (χ3v) is 1.93. The Labute approximate surface area is 75.8 Å². The third kappa shape index (κ3) is 4.44. The normalized spacial score (nSPS) is 12.9. The van der Waals surface area contributed by atoms with Gasteiger partial charge in [-0.2, -0.15) is 0 Å². The lowest BCUT2D eigenvalue weighted by molar-refractivity contribution is -0.142. The molecule has 0 aliphatic carbocycles. The van der Waals surface area contributed by atoms with Crippen molar-refractivity contribution < 1.29 is 9.90 Å². The molecule has 0 saturated carbocycles. The number of carboxylic acids is 1. The molecule has 0 saturated heterocycles. The van der Waals surface area contributed by atoms with E-state index in [4.69, 9.17) is 12.8 Å². The second kappa shape index (κ2) is 6.12. The summed E-state index contributed by atoms with van der Waals surface area (Å²) in [5.41, 5.74) is 0. The van der Waals surface area contributed by atoms with Crippen LogP contribution in [0.15, 0.2) is 0 Å².